The molecule has 0 saturated carbocycles. The normalized spacial score (nSPS) is 18.6. The lowest BCUT2D eigenvalue weighted by atomic mass is 10.0. The van der Waals surface area contributed by atoms with Gasteiger partial charge in [-0.2, -0.15) is 0 Å². The number of likely N-dealkylation sites (tertiary alicyclic amines) is 1. The zero-order chi connectivity index (χ0) is 13.0. The van der Waals surface area contributed by atoms with E-state index in [4.69, 9.17) is 5.73 Å². The fourth-order valence-corrected chi connectivity index (χ4v) is 2.35. The van der Waals surface area contributed by atoms with Crippen LogP contribution in [0.15, 0.2) is 24.5 Å². The molecule has 0 aliphatic carbocycles. The van der Waals surface area contributed by atoms with Crippen molar-refractivity contribution < 1.29 is 4.79 Å². The number of pyridine rings is 1. The minimum Gasteiger partial charge on any atom is -0.351 e. The van der Waals surface area contributed by atoms with Gasteiger partial charge >= 0.3 is 6.03 Å². The third-order valence-electron chi connectivity index (χ3n) is 3.48. The van der Waals surface area contributed by atoms with E-state index in [-0.39, 0.29) is 12.1 Å². The Morgan fingerprint density at radius 2 is 2.28 bits per heavy atom. The Labute approximate surface area is 107 Å². The molecule has 5 nitrogen and oxygen atoms in total. The number of piperidine rings is 1. The molecular weight excluding hydrogens is 228 g/mol. The Morgan fingerprint density at radius 3 is 2.83 bits per heavy atom. The van der Waals surface area contributed by atoms with Crippen LogP contribution in [-0.4, -0.2) is 35.0 Å². The van der Waals surface area contributed by atoms with Crippen LogP contribution in [0.5, 0.6) is 0 Å². The first-order valence-corrected chi connectivity index (χ1v) is 6.37. The fraction of sp³-hybridized carbons (Fsp3) is 0.538. The smallest absolute Gasteiger partial charge is 0.314 e. The van der Waals surface area contributed by atoms with Gasteiger partial charge in [0, 0.05) is 37.6 Å². The summed E-state index contributed by atoms with van der Waals surface area (Å²) >= 11 is 0. The molecule has 1 aromatic heterocycles. The minimum atomic E-state index is -0.311. The summed E-state index contributed by atoms with van der Waals surface area (Å²) in [5.74, 6) is 0. The molecule has 1 saturated heterocycles. The van der Waals surface area contributed by atoms with Gasteiger partial charge in [-0.05, 0) is 31.4 Å². The van der Waals surface area contributed by atoms with E-state index in [1.807, 2.05) is 12.3 Å². The van der Waals surface area contributed by atoms with E-state index in [9.17, 15) is 4.79 Å². The van der Waals surface area contributed by atoms with Crippen LogP contribution in [0.25, 0.3) is 0 Å². The second-order valence-electron chi connectivity index (χ2n) is 4.77. The van der Waals surface area contributed by atoms with Crippen molar-refractivity contribution in [3.63, 3.8) is 0 Å². The van der Waals surface area contributed by atoms with E-state index in [1.165, 1.54) is 5.56 Å². The van der Waals surface area contributed by atoms with Crippen molar-refractivity contribution in [1.29, 1.82) is 0 Å². The number of carbonyl (C=O) groups is 1. The number of carbonyl (C=O) groups excluding carboxylic acids is 1. The van der Waals surface area contributed by atoms with Crippen molar-refractivity contribution in [3.8, 4) is 0 Å². The van der Waals surface area contributed by atoms with Gasteiger partial charge in [-0.25, -0.2) is 4.79 Å². The highest BCUT2D eigenvalue weighted by molar-refractivity contribution is 5.72. The molecule has 0 unspecified atom stereocenters. The molecule has 18 heavy (non-hydrogen) atoms. The molecule has 0 radical (unpaired) electrons. The number of aromatic nitrogens is 1. The van der Waals surface area contributed by atoms with E-state index >= 15 is 0 Å². The Kier molecular flexibility index (Phi) is 4.15. The van der Waals surface area contributed by atoms with E-state index in [2.05, 4.69) is 23.3 Å². The molecule has 1 aliphatic rings. The molecule has 1 aromatic rings. The molecule has 98 valence electrons. The van der Waals surface area contributed by atoms with Crippen LogP contribution in [0.4, 0.5) is 4.79 Å². The summed E-state index contributed by atoms with van der Waals surface area (Å²) in [6.45, 7) is 3.62. The van der Waals surface area contributed by atoms with E-state index in [0.29, 0.717) is 6.04 Å². The van der Waals surface area contributed by atoms with E-state index in [0.717, 1.165) is 25.9 Å². The Morgan fingerprint density at radius 1 is 1.56 bits per heavy atom. The molecule has 3 N–H and O–H groups in total. The third-order valence-corrected chi connectivity index (χ3v) is 3.48. The van der Waals surface area contributed by atoms with Crippen molar-refractivity contribution in [3.05, 3.63) is 30.1 Å². The van der Waals surface area contributed by atoms with Crippen LogP contribution in [0.2, 0.25) is 0 Å². The van der Waals surface area contributed by atoms with Crippen molar-refractivity contribution in [1.82, 2.24) is 15.2 Å². The summed E-state index contributed by atoms with van der Waals surface area (Å²) in [5, 5.41) is 3.58. The maximum atomic E-state index is 11.0. The minimum absolute atomic E-state index is 0.281. The van der Waals surface area contributed by atoms with Crippen LogP contribution in [0.3, 0.4) is 0 Å². The monoisotopic (exact) mass is 248 g/mol. The van der Waals surface area contributed by atoms with Gasteiger partial charge in [0.05, 0.1) is 0 Å². The summed E-state index contributed by atoms with van der Waals surface area (Å²) in [4.78, 5) is 16.9. The van der Waals surface area contributed by atoms with Crippen molar-refractivity contribution in [2.45, 2.75) is 31.8 Å². The van der Waals surface area contributed by atoms with Crippen LogP contribution in [0, 0.1) is 0 Å². The van der Waals surface area contributed by atoms with Crippen LogP contribution < -0.4 is 11.1 Å². The number of rotatable bonds is 3. The van der Waals surface area contributed by atoms with Crippen LogP contribution in [-0.2, 0) is 0 Å². The highest BCUT2D eigenvalue weighted by Crippen LogP contribution is 2.16. The first kappa shape index (κ1) is 12.8. The average molecular weight is 248 g/mol. The number of amides is 2. The standard InChI is InChI=1S/C13H20N4O/c1-10(11-3-2-6-15-9-11)16-12-4-7-17(8-5-12)13(14)18/h2-3,6,9-10,12,16H,4-5,7-8H2,1H3,(H2,14,18)/t10-/m1/s1. The van der Waals surface area contributed by atoms with Gasteiger partial charge in [0.1, 0.15) is 0 Å². The third kappa shape index (κ3) is 3.20. The van der Waals surface area contributed by atoms with Crippen molar-refractivity contribution in [2.24, 2.45) is 5.73 Å². The molecule has 2 rings (SSSR count). The molecule has 1 fully saturated rings. The number of nitrogens with one attached hydrogen (secondary N) is 1. The first-order valence-electron chi connectivity index (χ1n) is 6.37. The van der Waals surface area contributed by atoms with Gasteiger partial charge in [0.2, 0.25) is 0 Å². The van der Waals surface area contributed by atoms with Gasteiger partial charge in [-0.1, -0.05) is 6.07 Å². The summed E-state index contributed by atoms with van der Waals surface area (Å²) in [5.41, 5.74) is 6.45. The summed E-state index contributed by atoms with van der Waals surface area (Å²) in [6.07, 6.45) is 5.57. The number of nitrogens with two attached hydrogens (primary N) is 1. The topological polar surface area (TPSA) is 71.2 Å². The second kappa shape index (κ2) is 5.82. The van der Waals surface area contributed by atoms with Gasteiger partial charge in [-0.15, -0.1) is 0 Å². The molecule has 1 aliphatic heterocycles. The van der Waals surface area contributed by atoms with Crippen molar-refractivity contribution in [2.75, 3.05) is 13.1 Å². The number of urea groups is 1. The highest BCUT2D eigenvalue weighted by atomic mass is 16.2. The molecule has 0 spiro atoms. The Bertz CT molecular complexity index is 387. The van der Waals surface area contributed by atoms with E-state index in [1.54, 1.807) is 11.1 Å². The van der Waals surface area contributed by atoms with Gasteiger partial charge < -0.3 is 16.0 Å². The van der Waals surface area contributed by atoms with Gasteiger partial charge in [0.25, 0.3) is 0 Å². The number of hydrogen-bond acceptors (Lipinski definition) is 3. The zero-order valence-electron chi connectivity index (χ0n) is 10.7. The van der Waals surface area contributed by atoms with Crippen LogP contribution in [0.1, 0.15) is 31.4 Å². The number of nitrogens with zero attached hydrogens (tertiary/aromatic N) is 2. The lowest BCUT2D eigenvalue weighted by molar-refractivity contribution is 0.183. The summed E-state index contributed by atoms with van der Waals surface area (Å²) in [6, 6.07) is 4.43. The summed E-state index contributed by atoms with van der Waals surface area (Å²) < 4.78 is 0. The molecule has 2 amide bonds. The Balaban J connectivity index is 1.83. The maximum absolute atomic E-state index is 11.0. The second-order valence-corrected chi connectivity index (χ2v) is 4.77. The van der Waals surface area contributed by atoms with Crippen molar-refractivity contribution >= 4 is 6.03 Å². The quantitative estimate of drug-likeness (QED) is 0.846. The molecular formula is C13H20N4O. The predicted octanol–water partition coefficient (Wildman–Crippen LogP) is 1.28. The fourth-order valence-electron chi connectivity index (χ4n) is 2.35. The molecule has 0 aromatic carbocycles. The first-order chi connectivity index (χ1) is 8.66. The molecule has 2 heterocycles. The molecule has 1 atom stereocenters. The number of primary amides is 1. The largest absolute Gasteiger partial charge is 0.351 e. The zero-order valence-corrected chi connectivity index (χ0v) is 10.7. The van der Waals surface area contributed by atoms with Gasteiger partial charge in [-0.3, -0.25) is 4.98 Å². The SMILES string of the molecule is C[C@@H](NC1CCN(C(N)=O)CC1)c1cccnc1. The highest BCUT2D eigenvalue weighted by Gasteiger charge is 2.22. The predicted molar refractivity (Wildman–Crippen MR) is 70.0 cm³/mol. The molecule has 0 bridgehead atoms. The average Bonchev–Trinajstić information content (AvgIpc) is 2.40. The van der Waals surface area contributed by atoms with Crippen LogP contribution >= 0.6 is 0 Å². The lowest BCUT2D eigenvalue weighted by Crippen LogP contribution is -2.47. The van der Waals surface area contributed by atoms with Gasteiger partial charge in [0.15, 0.2) is 0 Å². The summed E-state index contributed by atoms with van der Waals surface area (Å²) in [7, 11) is 0. The molecule has 5 heteroatoms. The maximum Gasteiger partial charge on any atom is 0.314 e. The van der Waals surface area contributed by atoms with E-state index < -0.39 is 0 Å². The number of hydrogen-bond donors (Lipinski definition) is 2. The lowest BCUT2D eigenvalue weighted by Gasteiger charge is -2.33. The Hall–Kier alpha value is -1.62.